The molecule has 0 radical (unpaired) electrons. The molecule has 4 rings (SSSR count). The minimum Gasteiger partial charge on any atom is -0.445 e. The summed E-state index contributed by atoms with van der Waals surface area (Å²) in [5.74, 6) is 0.779. The van der Waals surface area contributed by atoms with Gasteiger partial charge in [0.05, 0.1) is 18.8 Å². The molecule has 1 amide bonds. The Morgan fingerprint density at radius 1 is 1.06 bits per heavy atom. The van der Waals surface area contributed by atoms with Crippen molar-refractivity contribution in [3.63, 3.8) is 0 Å². The number of benzene rings is 3. The zero-order valence-electron chi connectivity index (χ0n) is 19.3. The fraction of sp³-hybridized carbons (Fsp3) is 0.250. The summed E-state index contributed by atoms with van der Waals surface area (Å²) in [7, 11) is 0. The van der Waals surface area contributed by atoms with Crippen molar-refractivity contribution in [2.24, 2.45) is 0 Å². The minimum atomic E-state index is -0.599. The maximum atomic E-state index is 12.0. The molecule has 3 aromatic rings. The third-order valence-corrected chi connectivity index (χ3v) is 6.68. The van der Waals surface area contributed by atoms with Gasteiger partial charge in [0.2, 0.25) is 0 Å². The monoisotopic (exact) mass is 491 g/mol. The smallest absolute Gasteiger partial charge is 0.411 e. The van der Waals surface area contributed by atoms with E-state index in [0.717, 1.165) is 22.4 Å². The van der Waals surface area contributed by atoms with E-state index >= 15 is 0 Å². The van der Waals surface area contributed by atoms with Crippen molar-refractivity contribution < 1.29 is 24.1 Å². The molecule has 35 heavy (non-hydrogen) atoms. The van der Waals surface area contributed by atoms with E-state index in [1.165, 1.54) is 11.0 Å². The molecule has 1 aliphatic rings. The van der Waals surface area contributed by atoms with Gasteiger partial charge in [-0.1, -0.05) is 67.3 Å². The molecule has 0 aliphatic carbocycles. The van der Waals surface area contributed by atoms with E-state index < -0.39 is 12.4 Å². The summed E-state index contributed by atoms with van der Waals surface area (Å²) in [5, 5.41) is 12.1. The highest BCUT2D eigenvalue weighted by atomic mass is 32.2. The standard InChI is InChI=1S/C28H29NO5S/c1-2-15-32-28(31)29-23-8-6-7-22(16-23)27-33-24(19-35-25-9-4-3-5-10-25)17-26(34-27)21-13-11-20(18-30)12-14-21/h2-14,16,24,26-27,30H,1,15,17-19H2,(H,29,31). The summed E-state index contributed by atoms with van der Waals surface area (Å²) in [6, 6.07) is 25.4. The number of carbonyl (C=O) groups excluding carboxylic acids is 1. The van der Waals surface area contributed by atoms with E-state index in [1.54, 1.807) is 17.8 Å². The molecule has 3 unspecified atom stereocenters. The molecule has 0 bridgehead atoms. The molecule has 0 spiro atoms. The minimum absolute atomic E-state index is 0.00288. The topological polar surface area (TPSA) is 77.0 Å². The molecule has 1 saturated heterocycles. The second-order valence-corrected chi connectivity index (χ2v) is 9.21. The van der Waals surface area contributed by atoms with Crippen LogP contribution in [0.3, 0.4) is 0 Å². The Kier molecular flexibility index (Phi) is 8.97. The highest BCUT2D eigenvalue weighted by molar-refractivity contribution is 7.99. The Balaban J connectivity index is 1.51. The van der Waals surface area contributed by atoms with Gasteiger partial charge in [-0.05, 0) is 35.4 Å². The van der Waals surface area contributed by atoms with E-state index in [-0.39, 0.29) is 25.4 Å². The van der Waals surface area contributed by atoms with Crippen molar-refractivity contribution >= 4 is 23.5 Å². The SMILES string of the molecule is C=CCOC(=O)Nc1cccc(C2OC(CSc3ccccc3)CC(c3ccc(CO)cc3)O2)c1. The molecule has 3 aromatic carbocycles. The van der Waals surface area contributed by atoms with Crippen LogP contribution in [0.1, 0.15) is 35.5 Å². The Bertz CT molecular complexity index is 1110. The van der Waals surface area contributed by atoms with Crippen LogP contribution >= 0.6 is 11.8 Å². The molecule has 0 aromatic heterocycles. The van der Waals surface area contributed by atoms with Crippen LogP contribution in [0.2, 0.25) is 0 Å². The van der Waals surface area contributed by atoms with Gasteiger partial charge >= 0.3 is 6.09 Å². The maximum absolute atomic E-state index is 12.0. The highest BCUT2D eigenvalue weighted by Gasteiger charge is 2.32. The van der Waals surface area contributed by atoms with Crippen LogP contribution < -0.4 is 5.32 Å². The maximum Gasteiger partial charge on any atom is 0.411 e. The van der Waals surface area contributed by atoms with Gasteiger partial charge < -0.3 is 19.3 Å². The van der Waals surface area contributed by atoms with Crippen LogP contribution in [0, 0.1) is 0 Å². The Hall–Kier alpha value is -3.10. The number of aliphatic hydroxyl groups excluding tert-OH is 1. The van der Waals surface area contributed by atoms with Gasteiger partial charge in [-0.2, -0.15) is 0 Å². The van der Waals surface area contributed by atoms with E-state index in [4.69, 9.17) is 14.2 Å². The Morgan fingerprint density at radius 3 is 2.60 bits per heavy atom. The molecule has 1 aliphatic heterocycles. The third kappa shape index (κ3) is 7.19. The second-order valence-electron chi connectivity index (χ2n) is 8.11. The largest absolute Gasteiger partial charge is 0.445 e. The number of amides is 1. The van der Waals surface area contributed by atoms with Gasteiger partial charge in [-0.15, -0.1) is 11.8 Å². The zero-order valence-corrected chi connectivity index (χ0v) is 20.2. The Morgan fingerprint density at radius 2 is 1.86 bits per heavy atom. The van der Waals surface area contributed by atoms with E-state index in [9.17, 15) is 9.90 Å². The molecule has 0 saturated carbocycles. The van der Waals surface area contributed by atoms with E-state index in [2.05, 4.69) is 24.0 Å². The number of rotatable bonds is 9. The predicted octanol–water partition coefficient (Wildman–Crippen LogP) is 6.25. The van der Waals surface area contributed by atoms with Crippen molar-refractivity contribution in [1.29, 1.82) is 0 Å². The normalized spacial score (nSPS) is 19.6. The summed E-state index contributed by atoms with van der Waals surface area (Å²) >= 11 is 1.75. The van der Waals surface area contributed by atoms with Gasteiger partial charge in [0, 0.05) is 28.3 Å². The van der Waals surface area contributed by atoms with Gasteiger partial charge in [0.1, 0.15) is 6.61 Å². The van der Waals surface area contributed by atoms with Crippen LogP contribution in [-0.4, -0.2) is 29.7 Å². The lowest BCUT2D eigenvalue weighted by atomic mass is 10.0. The van der Waals surface area contributed by atoms with Crippen molar-refractivity contribution in [1.82, 2.24) is 0 Å². The van der Waals surface area contributed by atoms with E-state index in [0.29, 0.717) is 12.1 Å². The number of thioether (sulfide) groups is 1. The van der Waals surface area contributed by atoms with Gasteiger partial charge in [0.25, 0.3) is 0 Å². The zero-order chi connectivity index (χ0) is 24.5. The average Bonchev–Trinajstić information content (AvgIpc) is 2.91. The lowest BCUT2D eigenvalue weighted by molar-refractivity contribution is -0.245. The second kappa shape index (κ2) is 12.6. The van der Waals surface area contributed by atoms with Crippen molar-refractivity contribution in [2.45, 2.75) is 36.4 Å². The number of ether oxygens (including phenoxy) is 3. The van der Waals surface area contributed by atoms with Crippen LogP contribution in [0.15, 0.2) is 96.4 Å². The number of nitrogens with one attached hydrogen (secondary N) is 1. The van der Waals surface area contributed by atoms with Crippen LogP contribution in [0.4, 0.5) is 10.5 Å². The quantitative estimate of drug-likeness (QED) is 0.272. The van der Waals surface area contributed by atoms with Crippen molar-refractivity contribution in [3.8, 4) is 0 Å². The number of aliphatic hydroxyl groups is 1. The first-order valence-corrected chi connectivity index (χ1v) is 12.5. The summed E-state index contributed by atoms with van der Waals surface area (Å²) < 4.78 is 17.8. The summed E-state index contributed by atoms with van der Waals surface area (Å²) in [6.07, 6.45) is 0.860. The Labute approximate surface area is 209 Å². The summed E-state index contributed by atoms with van der Waals surface area (Å²) in [6.45, 7) is 3.69. The molecule has 6 nitrogen and oxygen atoms in total. The van der Waals surface area contributed by atoms with Gasteiger partial charge in [-0.25, -0.2) is 4.79 Å². The lowest BCUT2D eigenvalue weighted by Crippen LogP contribution is -2.31. The predicted molar refractivity (Wildman–Crippen MR) is 137 cm³/mol. The van der Waals surface area contributed by atoms with Gasteiger partial charge in [0.15, 0.2) is 6.29 Å². The first-order chi connectivity index (χ1) is 17.1. The number of hydrogen-bond acceptors (Lipinski definition) is 6. The van der Waals surface area contributed by atoms with Crippen molar-refractivity contribution in [3.05, 3.63) is 108 Å². The fourth-order valence-electron chi connectivity index (χ4n) is 3.78. The van der Waals surface area contributed by atoms with Crippen molar-refractivity contribution in [2.75, 3.05) is 17.7 Å². The fourth-order valence-corrected chi connectivity index (χ4v) is 4.72. The van der Waals surface area contributed by atoms with Gasteiger partial charge in [-0.3, -0.25) is 5.32 Å². The summed E-state index contributed by atoms with van der Waals surface area (Å²) in [4.78, 5) is 13.1. The average molecular weight is 492 g/mol. The lowest BCUT2D eigenvalue weighted by Gasteiger charge is -2.36. The highest BCUT2D eigenvalue weighted by Crippen LogP contribution is 2.39. The van der Waals surface area contributed by atoms with Crippen LogP contribution in [-0.2, 0) is 20.8 Å². The molecular formula is C28H29NO5S. The molecule has 1 fully saturated rings. The number of hydrogen-bond donors (Lipinski definition) is 2. The van der Waals surface area contributed by atoms with E-state index in [1.807, 2.05) is 60.7 Å². The summed E-state index contributed by atoms with van der Waals surface area (Å²) in [5.41, 5.74) is 3.29. The molecule has 1 heterocycles. The molecular weight excluding hydrogens is 462 g/mol. The third-order valence-electron chi connectivity index (χ3n) is 5.53. The number of carbonyl (C=O) groups is 1. The molecule has 2 N–H and O–H groups in total. The first kappa shape index (κ1) is 25.0. The van der Waals surface area contributed by atoms with Crippen LogP contribution in [0.5, 0.6) is 0 Å². The number of anilines is 1. The molecule has 182 valence electrons. The molecule has 7 heteroatoms. The van der Waals surface area contributed by atoms with Crippen LogP contribution in [0.25, 0.3) is 0 Å². The molecule has 3 atom stereocenters. The first-order valence-electron chi connectivity index (χ1n) is 11.5.